The van der Waals surface area contributed by atoms with Gasteiger partial charge in [-0.1, -0.05) is 26.0 Å². The fourth-order valence-corrected chi connectivity index (χ4v) is 4.00. The Hall–Kier alpha value is -1.65. The molecule has 1 saturated heterocycles. The number of aliphatic carboxylic acids is 1. The number of hydrogen-bond donors (Lipinski definition) is 1. The number of nitrogens with zero attached hydrogens (tertiary/aromatic N) is 1. The molecule has 20 heavy (non-hydrogen) atoms. The van der Waals surface area contributed by atoms with Gasteiger partial charge in [-0.25, -0.2) is 4.79 Å². The largest absolute Gasteiger partial charge is 0.480 e. The first-order valence-electron chi connectivity index (χ1n) is 7.20. The molecular weight excluding hydrogens is 258 g/mol. The standard InChI is InChI=1S/C15H19NO4/c1-7(2)5-10(15(19)20)16-13(17)11-8-3-4-9(6-8)12(11)14(16)18/h3-4,7-12H,5-6H2,1-2H3,(H,19,20)/t8-,9-,10+,11-,12-/m0/s1. The van der Waals surface area contributed by atoms with E-state index in [1.165, 1.54) is 0 Å². The predicted octanol–water partition coefficient (Wildman–Crippen LogP) is 1.29. The molecule has 0 aromatic heterocycles. The lowest BCUT2D eigenvalue weighted by atomic mass is 9.85. The molecule has 3 rings (SSSR count). The van der Waals surface area contributed by atoms with E-state index in [4.69, 9.17) is 0 Å². The minimum Gasteiger partial charge on any atom is -0.480 e. The molecule has 1 saturated carbocycles. The van der Waals surface area contributed by atoms with Gasteiger partial charge in [-0.05, 0) is 30.6 Å². The fraction of sp³-hybridized carbons (Fsp3) is 0.667. The molecule has 3 aliphatic rings. The van der Waals surface area contributed by atoms with E-state index in [-0.39, 0.29) is 41.4 Å². The Morgan fingerprint density at radius 1 is 1.25 bits per heavy atom. The van der Waals surface area contributed by atoms with Crippen molar-refractivity contribution >= 4 is 17.8 Å². The zero-order valence-corrected chi connectivity index (χ0v) is 11.7. The first-order chi connectivity index (χ1) is 9.41. The zero-order valence-electron chi connectivity index (χ0n) is 11.7. The van der Waals surface area contributed by atoms with Gasteiger partial charge in [0, 0.05) is 0 Å². The Kier molecular flexibility index (Phi) is 2.96. The quantitative estimate of drug-likeness (QED) is 0.620. The molecule has 2 fully saturated rings. The van der Waals surface area contributed by atoms with Crippen molar-refractivity contribution in [3.8, 4) is 0 Å². The summed E-state index contributed by atoms with van der Waals surface area (Å²) in [4.78, 5) is 37.5. The number of carbonyl (C=O) groups excluding carboxylic acids is 2. The number of allylic oxidation sites excluding steroid dienone is 2. The second-order valence-corrected chi connectivity index (χ2v) is 6.53. The molecule has 1 heterocycles. The molecule has 108 valence electrons. The maximum absolute atomic E-state index is 12.5. The van der Waals surface area contributed by atoms with Crippen molar-refractivity contribution in [2.24, 2.45) is 29.6 Å². The lowest BCUT2D eigenvalue weighted by Gasteiger charge is -2.25. The van der Waals surface area contributed by atoms with Crippen LogP contribution in [0.3, 0.4) is 0 Å². The molecule has 0 unspecified atom stereocenters. The van der Waals surface area contributed by atoms with Gasteiger partial charge in [0.25, 0.3) is 0 Å². The number of fused-ring (bicyclic) bond motifs is 5. The summed E-state index contributed by atoms with van der Waals surface area (Å²) in [6.07, 6.45) is 5.20. The van der Waals surface area contributed by atoms with Gasteiger partial charge >= 0.3 is 5.97 Å². The highest BCUT2D eigenvalue weighted by Gasteiger charge is 2.61. The average molecular weight is 277 g/mol. The predicted molar refractivity (Wildman–Crippen MR) is 70.4 cm³/mol. The highest BCUT2D eigenvalue weighted by molar-refractivity contribution is 6.08. The van der Waals surface area contributed by atoms with Crippen LogP contribution in [0.25, 0.3) is 0 Å². The maximum atomic E-state index is 12.5. The zero-order chi connectivity index (χ0) is 14.6. The average Bonchev–Trinajstić information content (AvgIpc) is 3.01. The molecule has 1 N–H and O–H groups in total. The van der Waals surface area contributed by atoms with Crippen LogP contribution in [0.2, 0.25) is 0 Å². The van der Waals surface area contributed by atoms with Crippen LogP contribution >= 0.6 is 0 Å². The van der Waals surface area contributed by atoms with Crippen molar-refractivity contribution in [3.05, 3.63) is 12.2 Å². The van der Waals surface area contributed by atoms with Crippen LogP contribution in [-0.4, -0.2) is 33.8 Å². The van der Waals surface area contributed by atoms with Crippen LogP contribution in [0.15, 0.2) is 12.2 Å². The number of hydrogen-bond acceptors (Lipinski definition) is 3. The first-order valence-corrected chi connectivity index (χ1v) is 7.20. The molecule has 1 aliphatic heterocycles. The van der Waals surface area contributed by atoms with Crippen molar-refractivity contribution in [1.82, 2.24) is 4.90 Å². The summed E-state index contributed by atoms with van der Waals surface area (Å²) < 4.78 is 0. The van der Waals surface area contributed by atoms with Gasteiger partial charge in [-0.2, -0.15) is 0 Å². The third-order valence-corrected chi connectivity index (χ3v) is 4.80. The maximum Gasteiger partial charge on any atom is 0.326 e. The summed E-state index contributed by atoms with van der Waals surface area (Å²) in [7, 11) is 0. The number of rotatable bonds is 4. The van der Waals surface area contributed by atoms with Gasteiger partial charge < -0.3 is 5.11 Å². The van der Waals surface area contributed by atoms with Crippen LogP contribution in [0, 0.1) is 29.6 Å². The van der Waals surface area contributed by atoms with E-state index in [1.54, 1.807) is 0 Å². The van der Waals surface area contributed by atoms with E-state index >= 15 is 0 Å². The minimum absolute atomic E-state index is 0.118. The lowest BCUT2D eigenvalue weighted by molar-refractivity contribution is -0.156. The van der Waals surface area contributed by atoms with E-state index in [2.05, 4.69) is 0 Å². The SMILES string of the molecule is CC(C)C[C@H](C(=O)O)N1C(=O)[C@@H]2[C@@H](C1=O)[C@H]1C=C[C@H]2C1. The van der Waals surface area contributed by atoms with Gasteiger partial charge in [0.2, 0.25) is 11.8 Å². The molecule has 0 aromatic rings. The lowest BCUT2D eigenvalue weighted by Crippen LogP contribution is -2.47. The van der Waals surface area contributed by atoms with Crippen LogP contribution < -0.4 is 0 Å². The Bertz CT molecular complexity index is 480. The van der Waals surface area contributed by atoms with Crippen LogP contribution in [0.4, 0.5) is 0 Å². The monoisotopic (exact) mass is 277 g/mol. The normalized spacial score (nSPS) is 36.0. The summed E-state index contributed by atoms with van der Waals surface area (Å²) in [5.74, 6) is -1.89. The van der Waals surface area contributed by atoms with Gasteiger partial charge in [-0.3, -0.25) is 14.5 Å². The molecular formula is C15H19NO4. The third-order valence-electron chi connectivity index (χ3n) is 4.80. The van der Waals surface area contributed by atoms with Crippen molar-refractivity contribution in [2.75, 3.05) is 0 Å². The summed E-state index contributed by atoms with van der Waals surface area (Å²) in [6, 6.07) is -1.01. The van der Waals surface area contributed by atoms with Crippen molar-refractivity contribution in [2.45, 2.75) is 32.7 Å². The number of carbonyl (C=O) groups is 3. The fourth-order valence-electron chi connectivity index (χ4n) is 4.00. The first kappa shape index (κ1) is 13.3. The molecule has 0 spiro atoms. The molecule has 5 atom stereocenters. The second-order valence-electron chi connectivity index (χ2n) is 6.53. The van der Waals surface area contributed by atoms with E-state index in [0.29, 0.717) is 6.42 Å². The van der Waals surface area contributed by atoms with E-state index in [1.807, 2.05) is 26.0 Å². The van der Waals surface area contributed by atoms with Gasteiger partial charge in [0.05, 0.1) is 11.8 Å². The Labute approximate surface area is 117 Å². The minimum atomic E-state index is -1.08. The van der Waals surface area contributed by atoms with Crippen LogP contribution in [0.1, 0.15) is 26.7 Å². The van der Waals surface area contributed by atoms with Crippen LogP contribution in [-0.2, 0) is 14.4 Å². The van der Waals surface area contributed by atoms with Crippen LogP contribution in [0.5, 0.6) is 0 Å². The van der Waals surface area contributed by atoms with Gasteiger partial charge in [0.1, 0.15) is 6.04 Å². The van der Waals surface area contributed by atoms with Gasteiger partial charge in [-0.15, -0.1) is 0 Å². The Morgan fingerprint density at radius 3 is 2.15 bits per heavy atom. The number of imide groups is 1. The third kappa shape index (κ3) is 1.72. The second kappa shape index (κ2) is 4.43. The van der Waals surface area contributed by atoms with Crippen molar-refractivity contribution in [3.63, 3.8) is 0 Å². The number of likely N-dealkylation sites (tertiary alicyclic amines) is 1. The number of carboxylic acid groups (broad SMARTS) is 1. The molecule has 5 heteroatoms. The van der Waals surface area contributed by atoms with E-state index < -0.39 is 12.0 Å². The molecule has 0 aromatic carbocycles. The Morgan fingerprint density at radius 2 is 1.75 bits per heavy atom. The Balaban J connectivity index is 1.90. The van der Waals surface area contributed by atoms with Gasteiger partial charge in [0.15, 0.2) is 0 Å². The highest BCUT2D eigenvalue weighted by Crippen LogP contribution is 2.53. The topological polar surface area (TPSA) is 74.7 Å². The highest BCUT2D eigenvalue weighted by atomic mass is 16.4. The summed E-state index contributed by atoms with van der Waals surface area (Å²) >= 11 is 0. The molecule has 0 radical (unpaired) electrons. The van der Waals surface area contributed by atoms with Crippen molar-refractivity contribution < 1.29 is 19.5 Å². The number of amides is 2. The smallest absolute Gasteiger partial charge is 0.326 e. The summed E-state index contributed by atoms with van der Waals surface area (Å²) in [6.45, 7) is 3.79. The summed E-state index contributed by atoms with van der Waals surface area (Å²) in [5, 5.41) is 9.37. The number of carboxylic acids is 1. The van der Waals surface area contributed by atoms with Crippen molar-refractivity contribution in [1.29, 1.82) is 0 Å². The molecule has 5 nitrogen and oxygen atoms in total. The molecule has 2 amide bonds. The molecule has 2 aliphatic carbocycles. The van der Waals surface area contributed by atoms with E-state index in [0.717, 1.165) is 11.3 Å². The van der Waals surface area contributed by atoms with E-state index in [9.17, 15) is 19.5 Å². The summed E-state index contributed by atoms with van der Waals surface area (Å²) in [5.41, 5.74) is 0. The molecule has 2 bridgehead atoms.